The highest BCUT2D eigenvalue weighted by atomic mass is 16.4. The van der Waals surface area contributed by atoms with Crippen LogP contribution in [0.5, 0.6) is 0 Å². The molecule has 0 spiro atoms. The third-order valence-corrected chi connectivity index (χ3v) is 2.38. The lowest BCUT2D eigenvalue weighted by molar-refractivity contribution is -0.139. The summed E-state index contributed by atoms with van der Waals surface area (Å²) in [6.07, 6.45) is -0.00118. The van der Waals surface area contributed by atoms with Crippen LogP contribution < -0.4 is 10.6 Å². The zero-order chi connectivity index (χ0) is 12.7. The molecule has 0 aliphatic heterocycles. The number of carboxylic acids is 1. The molecule has 2 amide bonds. The molecule has 0 aromatic heterocycles. The lowest BCUT2D eigenvalue weighted by Crippen LogP contribution is -2.49. The summed E-state index contributed by atoms with van der Waals surface area (Å²) in [7, 11) is 0. The maximum atomic E-state index is 11.4. The molecule has 0 rings (SSSR count). The molecule has 6 nitrogen and oxygen atoms in total. The SMILES string of the molecule is CC(C)C(C)NC(=O)NC(CCO)C(=O)O. The molecule has 0 aliphatic carbocycles. The van der Waals surface area contributed by atoms with E-state index >= 15 is 0 Å². The lowest BCUT2D eigenvalue weighted by atomic mass is 10.1. The summed E-state index contributed by atoms with van der Waals surface area (Å²) in [5, 5.41) is 22.3. The molecule has 6 heteroatoms. The van der Waals surface area contributed by atoms with Crippen LogP contribution in [0.25, 0.3) is 0 Å². The number of carbonyl (C=O) groups excluding carboxylic acids is 1. The van der Waals surface area contributed by atoms with Crippen LogP contribution >= 0.6 is 0 Å². The number of rotatable bonds is 6. The summed E-state index contributed by atoms with van der Waals surface area (Å²) in [5.41, 5.74) is 0. The summed E-state index contributed by atoms with van der Waals surface area (Å²) in [6, 6.07) is -1.62. The molecule has 0 radical (unpaired) electrons. The van der Waals surface area contributed by atoms with Gasteiger partial charge in [0.15, 0.2) is 0 Å². The van der Waals surface area contributed by atoms with Gasteiger partial charge in [-0.25, -0.2) is 9.59 Å². The number of aliphatic carboxylic acids is 1. The largest absolute Gasteiger partial charge is 0.480 e. The highest BCUT2D eigenvalue weighted by molar-refractivity contribution is 5.82. The van der Waals surface area contributed by atoms with Crippen LogP contribution in [0.3, 0.4) is 0 Å². The zero-order valence-electron chi connectivity index (χ0n) is 9.86. The van der Waals surface area contributed by atoms with Gasteiger partial charge >= 0.3 is 12.0 Å². The maximum Gasteiger partial charge on any atom is 0.326 e. The van der Waals surface area contributed by atoms with Gasteiger partial charge in [0.25, 0.3) is 0 Å². The minimum atomic E-state index is -1.15. The van der Waals surface area contributed by atoms with Crippen LogP contribution in [-0.2, 0) is 4.79 Å². The highest BCUT2D eigenvalue weighted by Crippen LogP contribution is 1.99. The molecule has 0 heterocycles. The van der Waals surface area contributed by atoms with E-state index in [2.05, 4.69) is 10.6 Å². The van der Waals surface area contributed by atoms with E-state index in [1.54, 1.807) is 0 Å². The monoisotopic (exact) mass is 232 g/mol. The quantitative estimate of drug-likeness (QED) is 0.524. The van der Waals surface area contributed by atoms with Crippen molar-refractivity contribution in [1.29, 1.82) is 0 Å². The highest BCUT2D eigenvalue weighted by Gasteiger charge is 2.20. The van der Waals surface area contributed by atoms with E-state index in [9.17, 15) is 9.59 Å². The Bertz CT molecular complexity index is 243. The van der Waals surface area contributed by atoms with Gasteiger partial charge in [-0.05, 0) is 12.8 Å². The van der Waals surface area contributed by atoms with Gasteiger partial charge in [-0.15, -0.1) is 0 Å². The molecule has 2 atom stereocenters. The number of hydrogen-bond acceptors (Lipinski definition) is 3. The summed E-state index contributed by atoms with van der Waals surface area (Å²) < 4.78 is 0. The smallest absolute Gasteiger partial charge is 0.326 e. The molecule has 16 heavy (non-hydrogen) atoms. The first kappa shape index (κ1) is 14.7. The minimum absolute atomic E-state index is 0.00118. The number of aliphatic hydroxyl groups is 1. The van der Waals surface area contributed by atoms with E-state index in [0.29, 0.717) is 0 Å². The van der Waals surface area contributed by atoms with E-state index in [1.165, 1.54) is 0 Å². The van der Waals surface area contributed by atoms with Crippen molar-refractivity contribution in [3.8, 4) is 0 Å². The number of carbonyl (C=O) groups is 2. The van der Waals surface area contributed by atoms with E-state index in [-0.39, 0.29) is 25.0 Å². The fourth-order valence-electron chi connectivity index (χ4n) is 0.960. The molecule has 4 N–H and O–H groups in total. The molecule has 0 fully saturated rings. The second kappa shape index (κ2) is 7.05. The molecule has 2 unspecified atom stereocenters. The molecule has 0 aromatic carbocycles. The van der Waals surface area contributed by atoms with E-state index in [1.807, 2.05) is 20.8 Å². The summed E-state index contributed by atoms with van der Waals surface area (Å²) in [5.74, 6) is -0.881. The number of amides is 2. The number of carboxylic acid groups (broad SMARTS) is 1. The average Bonchev–Trinajstić information content (AvgIpc) is 2.16. The van der Waals surface area contributed by atoms with Gasteiger partial charge < -0.3 is 20.8 Å². The molecule has 0 saturated carbocycles. The van der Waals surface area contributed by atoms with Crippen molar-refractivity contribution in [3.63, 3.8) is 0 Å². The first-order valence-electron chi connectivity index (χ1n) is 5.29. The first-order valence-corrected chi connectivity index (χ1v) is 5.29. The lowest BCUT2D eigenvalue weighted by Gasteiger charge is -2.20. The summed E-state index contributed by atoms with van der Waals surface area (Å²) in [6.45, 7) is 5.46. The molecule has 0 bridgehead atoms. The Labute approximate surface area is 95.0 Å². The Morgan fingerprint density at radius 2 is 1.75 bits per heavy atom. The van der Waals surface area contributed by atoms with Gasteiger partial charge in [-0.1, -0.05) is 13.8 Å². The first-order chi connectivity index (χ1) is 7.38. The Balaban J connectivity index is 4.14. The van der Waals surface area contributed by atoms with E-state index in [0.717, 1.165) is 0 Å². The summed E-state index contributed by atoms with van der Waals surface area (Å²) in [4.78, 5) is 22.1. The third-order valence-electron chi connectivity index (χ3n) is 2.38. The number of nitrogens with one attached hydrogen (secondary N) is 2. The molecule has 0 aliphatic rings. The van der Waals surface area contributed by atoms with Crippen molar-refractivity contribution in [2.75, 3.05) is 6.61 Å². The second-order valence-electron chi connectivity index (χ2n) is 4.05. The van der Waals surface area contributed by atoms with Crippen molar-refractivity contribution >= 4 is 12.0 Å². The van der Waals surface area contributed by atoms with Gasteiger partial charge in [-0.3, -0.25) is 0 Å². The fraction of sp³-hybridized carbons (Fsp3) is 0.800. The molecular formula is C10H20N2O4. The van der Waals surface area contributed by atoms with Crippen LogP contribution in [0.4, 0.5) is 4.79 Å². The minimum Gasteiger partial charge on any atom is -0.480 e. The van der Waals surface area contributed by atoms with Gasteiger partial charge in [0.2, 0.25) is 0 Å². The standard InChI is InChI=1S/C10H20N2O4/c1-6(2)7(3)11-10(16)12-8(4-5-13)9(14)15/h6-8,13H,4-5H2,1-3H3,(H,14,15)(H2,11,12,16). The van der Waals surface area contributed by atoms with Crippen LogP contribution in [0, 0.1) is 5.92 Å². The molecule has 0 aromatic rings. The number of aliphatic hydroxyl groups excluding tert-OH is 1. The topological polar surface area (TPSA) is 98.7 Å². The predicted octanol–water partition coefficient (Wildman–Crippen LogP) is 0.166. The van der Waals surface area contributed by atoms with Crippen molar-refractivity contribution in [3.05, 3.63) is 0 Å². The van der Waals surface area contributed by atoms with Crippen LogP contribution in [0.1, 0.15) is 27.2 Å². The van der Waals surface area contributed by atoms with Crippen molar-refractivity contribution in [2.24, 2.45) is 5.92 Å². The van der Waals surface area contributed by atoms with Crippen LogP contribution in [0.2, 0.25) is 0 Å². The van der Waals surface area contributed by atoms with E-state index in [4.69, 9.17) is 10.2 Å². The molecule has 0 saturated heterocycles. The Morgan fingerprint density at radius 3 is 2.12 bits per heavy atom. The Hall–Kier alpha value is -1.30. The van der Waals surface area contributed by atoms with Gasteiger partial charge in [-0.2, -0.15) is 0 Å². The normalized spacial score (nSPS) is 14.3. The maximum absolute atomic E-state index is 11.4. The second-order valence-corrected chi connectivity index (χ2v) is 4.05. The zero-order valence-corrected chi connectivity index (χ0v) is 9.86. The van der Waals surface area contributed by atoms with Crippen molar-refractivity contribution in [1.82, 2.24) is 10.6 Å². The van der Waals surface area contributed by atoms with Gasteiger partial charge in [0, 0.05) is 19.1 Å². The Morgan fingerprint density at radius 1 is 1.19 bits per heavy atom. The predicted molar refractivity (Wildman–Crippen MR) is 59.1 cm³/mol. The number of urea groups is 1. The number of hydrogen-bond donors (Lipinski definition) is 4. The average molecular weight is 232 g/mol. The molecule has 94 valence electrons. The van der Waals surface area contributed by atoms with Crippen molar-refractivity contribution in [2.45, 2.75) is 39.3 Å². The Kier molecular flexibility index (Phi) is 6.48. The van der Waals surface area contributed by atoms with Crippen molar-refractivity contribution < 1.29 is 19.8 Å². The molecular weight excluding hydrogens is 212 g/mol. The fourth-order valence-corrected chi connectivity index (χ4v) is 0.960. The van der Waals surface area contributed by atoms with Gasteiger partial charge in [0.1, 0.15) is 6.04 Å². The van der Waals surface area contributed by atoms with Crippen LogP contribution in [-0.4, -0.2) is 40.9 Å². The summed E-state index contributed by atoms with van der Waals surface area (Å²) >= 11 is 0. The van der Waals surface area contributed by atoms with Gasteiger partial charge in [0.05, 0.1) is 0 Å². The van der Waals surface area contributed by atoms with Crippen LogP contribution in [0.15, 0.2) is 0 Å². The third kappa shape index (κ3) is 5.55. The van der Waals surface area contributed by atoms with E-state index < -0.39 is 18.0 Å².